The first-order valence-electron chi connectivity index (χ1n) is 14.0. The fraction of sp³-hybridized carbons (Fsp3) is 0.257. The van der Waals surface area contributed by atoms with Gasteiger partial charge in [0.2, 0.25) is 0 Å². The number of methoxy groups -OCH3 is 1. The molecule has 0 N–H and O–H groups in total. The van der Waals surface area contributed by atoms with Crippen molar-refractivity contribution in [2.75, 3.05) is 20.2 Å². The van der Waals surface area contributed by atoms with Crippen molar-refractivity contribution in [3.05, 3.63) is 109 Å². The molecular weight excluding hydrogens is 496 g/mol. The number of carbonyl (C=O) groups excluding carboxylic acids is 1. The van der Waals surface area contributed by atoms with Crippen molar-refractivity contribution in [2.45, 2.75) is 25.0 Å². The van der Waals surface area contributed by atoms with E-state index >= 15 is 0 Å². The summed E-state index contributed by atoms with van der Waals surface area (Å²) in [6, 6.07) is 26.4. The number of esters is 1. The number of fused-ring (bicyclic) bond motifs is 6. The van der Waals surface area contributed by atoms with Gasteiger partial charge in [-0.2, -0.15) is 0 Å². The van der Waals surface area contributed by atoms with Gasteiger partial charge in [-0.3, -0.25) is 9.88 Å². The number of rotatable bonds is 6. The Morgan fingerprint density at radius 3 is 2.55 bits per heavy atom. The van der Waals surface area contributed by atoms with Crippen LogP contribution >= 0.6 is 0 Å². The summed E-state index contributed by atoms with van der Waals surface area (Å²) in [5.74, 6) is 1.47. The first-order valence-corrected chi connectivity index (χ1v) is 14.0. The zero-order valence-electron chi connectivity index (χ0n) is 22.6. The Kier molecular flexibility index (Phi) is 6.24. The summed E-state index contributed by atoms with van der Waals surface area (Å²) >= 11 is 0. The van der Waals surface area contributed by atoms with Crippen LogP contribution in [0.25, 0.3) is 32.4 Å². The molecule has 5 aromatic rings. The highest BCUT2D eigenvalue weighted by Crippen LogP contribution is 2.44. The van der Waals surface area contributed by atoms with Crippen molar-refractivity contribution < 1.29 is 14.3 Å². The number of hydrogen-bond acceptors (Lipinski definition) is 5. The van der Waals surface area contributed by atoms with Gasteiger partial charge in [0.15, 0.2) is 0 Å². The van der Waals surface area contributed by atoms with Gasteiger partial charge in [-0.25, -0.2) is 4.79 Å². The molecule has 4 aromatic carbocycles. The second kappa shape index (κ2) is 10.1. The summed E-state index contributed by atoms with van der Waals surface area (Å²) in [7, 11) is 1.67. The summed E-state index contributed by atoms with van der Waals surface area (Å²) in [5, 5.41) is 5.42. The lowest BCUT2D eigenvalue weighted by molar-refractivity contribution is -0.0568. The van der Waals surface area contributed by atoms with Gasteiger partial charge in [0.25, 0.3) is 0 Å². The van der Waals surface area contributed by atoms with Gasteiger partial charge in [0.1, 0.15) is 11.9 Å². The van der Waals surface area contributed by atoms with E-state index in [2.05, 4.69) is 46.8 Å². The third-order valence-corrected chi connectivity index (χ3v) is 8.97. The van der Waals surface area contributed by atoms with E-state index in [-0.39, 0.29) is 12.0 Å². The normalized spacial score (nSPS) is 22.8. The van der Waals surface area contributed by atoms with Gasteiger partial charge >= 0.3 is 5.97 Å². The molecule has 2 bridgehead atoms. The molecule has 3 saturated heterocycles. The van der Waals surface area contributed by atoms with Crippen LogP contribution in [0.2, 0.25) is 0 Å². The summed E-state index contributed by atoms with van der Waals surface area (Å²) < 4.78 is 12.1. The molecule has 0 saturated carbocycles. The number of carbonyl (C=O) groups is 1. The molecule has 3 aliphatic heterocycles. The van der Waals surface area contributed by atoms with Crippen molar-refractivity contribution in [2.24, 2.45) is 11.8 Å². The molecule has 40 heavy (non-hydrogen) atoms. The van der Waals surface area contributed by atoms with Crippen LogP contribution in [-0.4, -0.2) is 42.1 Å². The van der Waals surface area contributed by atoms with Crippen LogP contribution in [0, 0.1) is 11.8 Å². The Balaban J connectivity index is 1.29. The van der Waals surface area contributed by atoms with Crippen LogP contribution in [0.1, 0.15) is 34.9 Å². The SMILES string of the molecule is C=C[C@H]1CN2CC[C@H]1C[C@H]2[C@H](OC(=O)c1ccc2cc3ccccc3cc2c1)c1ccnc2ccc(OC)cc12. The smallest absolute Gasteiger partial charge is 0.338 e. The second-order valence-corrected chi connectivity index (χ2v) is 11.1. The van der Waals surface area contributed by atoms with Gasteiger partial charge in [-0.15, -0.1) is 6.58 Å². The fourth-order valence-electron chi connectivity index (χ4n) is 6.81. The summed E-state index contributed by atoms with van der Waals surface area (Å²) in [5.41, 5.74) is 2.39. The van der Waals surface area contributed by atoms with E-state index in [1.807, 2.05) is 60.8 Å². The number of piperidine rings is 3. The van der Waals surface area contributed by atoms with E-state index < -0.39 is 6.10 Å². The van der Waals surface area contributed by atoms with Crippen LogP contribution in [0.4, 0.5) is 0 Å². The average Bonchev–Trinajstić information content (AvgIpc) is 3.01. The lowest BCUT2D eigenvalue weighted by Crippen LogP contribution is -2.55. The van der Waals surface area contributed by atoms with E-state index in [0.29, 0.717) is 17.4 Å². The first-order chi connectivity index (χ1) is 19.6. The Bertz CT molecular complexity index is 1760. The lowest BCUT2D eigenvalue weighted by atomic mass is 9.73. The zero-order chi connectivity index (χ0) is 27.2. The summed E-state index contributed by atoms with van der Waals surface area (Å²) in [6.45, 7) is 6.04. The second-order valence-electron chi connectivity index (χ2n) is 11.1. The van der Waals surface area contributed by atoms with Crippen LogP contribution in [0.3, 0.4) is 0 Å². The molecule has 4 heterocycles. The van der Waals surface area contributed by atoms with Crippen LogP contribution in [-0.2, 0) is 4.74 Å². The molecule has 5 atom stereocenters. The predicted molar refractivity (Wildman–Crippen MR) is 160 cm³/mol. The Hall–Kier alpha value is -4.22. The molecular formula is C35H32N2O3. The standard InChI is InChI=1S/C35H32N2O3/c1-3-22-21-37-15-13-26(22)19-33(37)34(30-12-14-36-32-11-10-29(39-2)20-31(30)32)40-35(38)27-9-8-25-16-23-6-4-5-7-24(23)17-28(25)18-27/h3-12,14,16-18,20,22,26,33-34H,1,13,15,19,21H2,2H3/t22-,26-,33-,34+/m0/s1. The van der Waals surface area contributed by atoms with Gasteiger partial charge in [0.05, 0.1) is 24.2 Å². The van der Waals surface area contributed by atoms with Crippen molar-refractivity contribution >= 4 is 38.4 Å². The minimum absolute atomic E-state index is 0.0834. The first kappa shape index (κ1) is 24.8. The number of hydrogen-bond donors (Lipinski definition) is 0. The van der Waals surface area contributed by atoms with E-state index in [0.717, 1.165) is 64.3 Å². The summed E-state index contributed by atoms with van der Waals surface area (Å²) in [4.78, 5) is 20.9. The summed E-state index contributed by atoms with van der Waals surface area (Å²) in [6.07, 6.45) is 5.59. The van der Waals surface area contributed by atoms with Gasteiger partial charge < -0.3 is 9.47 Å². The monoisotopic (exact) mass is 528 g/mol. The third kappa shape index (κ3) is 4.31. The molecule has 3 aliphatic rings. The highest BCUT2D eigenvalue weighted by Gasteiger charge is 2.44. The number of benzene rings is 4. The van der Waals surface area contributed by atoms with Gasteiger partial charge in [-0.05, 0) is 101 Å². The average molecular weight is 529 g/mol. The number of aromatic nitrogens is 1. The topological polar surface area (TPSA) is 51.7 Å². The molecule has 1 aromatic heterocycles. The molecule has 8 rings (SSSR count). The minimum atomic E-state index is -0.439. The quantitative estimate of drug-likeness (QED) is 0.131. The maximum atomic E-state index is 13.9. The van der Waals surface area contributed by atoms with Crippen LogP contribution < -0.4 is 4.74 Å². The molecule has 5 nitrogen and oxygen atoms in total. The molecule has 3 fully saturated rings. The van der Waals surface area contributed by atoms with Gasteiger partial charge in [-0.1, -0.05) is 36.4 Å². The molecule has 5 heteroatoms. The van der Waals surface area contributed by atoms with Crippen molar-refractivity contribution in [1.29, 1.82) is 0 Å². The van der Waals surface area contributed by atoms with Crippen LogP contribution in [0.15, 0.2) is 97.7 Å². The maximum absolute atomic E-state index is 13.9. The van der Waals surface area contributed by atoms with Crippen molar-refractivity contribution in [3.8, 4) is 5.75 Å². The van der Waals surface area contributed by atoms with Crippen molar-refractivity contribution in [3.63, 3.8) is 0 Å². The van der Waals surface area contributed by atoms with Crippen molar-refractivity contribution in [1.82, 2.24) is 9.88 Å². The molecule has 0 amide bonds. The van der Waals surface area contributed by atoms with Crippen LogP contribution in [0.5, 0.6) is 5.75 Å². The molecule has 200 valence electrons. The lowest BCUT2D eigenvalue weighted by Gasteiger charge is -2.51. The Labute approximate surface area is 234 Å². The highest BCUT2D eigenvalue weighted by atomic mass is 16.5. The zero-order valence-corrected chi connectivity index (χ0v) is 22.6. The highest BCUT2D eigenvalue weighted by molar-refractivity contribution is 6.01. The minimum Gasteiger partial charge on any atom is -0.497 e. The molecule has 0 aliphatic carbocycles. The molecule has 1 unspecified atom stereocenters. The molecule has 0 spiro atoms. The predicted octanol–water partition coefficient (Wildman–Crippen LogP) is 7.34. The molecule has 0 radical (unpaired) electrons. The Morgan fingerprint density at radius 1 is 1.00 bits per heavy atom. The van der Waals surface area contributed by atoms with E-state index in [1.54, 1.807) is 7.11 Å². The van der Waals surface area contributed by atoms with Gasteiger partial charge in [0, 0.05) is 23.7 Å². The van der Waals surface area contributed by atoms with E-state index in [9.17, 15) is 4.79 Å². The largest absolute Gasteiger partial charge is 0.497 e. The third-order valence-electron chi connectivity index (χ3n) is 8.97. The number of nitrogens with zero attached hydrogens (tertiary/aromatic N) is 2. The maximum Gasteiger partial charge on any atom is 0.338 e. The van der Waals surface area contributed by atoms with E-state index in [4.69, 9.17) is 9.47 Å². The Morgan fingerprint density at radius 2 is 1.80 bits per heavy atom. The number of ether oxygens (including phenoxy) is 2. The number of pyridine rings is 1. The fourth-order valence-corrected chi connectivity index (χ4v) is 6.81. The van der Waals surface area contributed by atoms with E-state index in [1.165, 1.54) is 5.39 Å².